The Kier molecular flexibility index (Phi) is 4.64. The number of hydrogen-bond acceptors (Lipinski definition) is 3. The van der Waals surface area contributed by atoms with Crippen LogP contribution in [0, 0.1) is 11.2 Å². The van der Waals surface area contributed by atoms with Crippen LogP contribution in [0.25, 0.3) is 0 Å². The van der Waals surface area contributed by atoms with Gasteiger partial charge in [0.15, 0.2) is 18.1 Å². The molecule has 0 saturated carbocycles. The van der Waals surface area contributed by atoms with Crippen molar-refractivity contribution in [3.05, 3.63) is 41.4 Å². The highest BCUT2D eigenvalue weighted by molar-refractivity contribution is 5.97. The average Bonchev–Trinajstić information content (AvgIpc) is 2.39. The monoisotopic (exact) mass is 305 g/mol. The van der Waals surface area contributed by atoms with Gasteiger partial charge in [-0.3, -0.25) is 9.59 Å². The van der Waals surface area contributed by atoms with Crippen molar-refractivity contribution in [1.82, 2.24) is 0 Å². The van der Waals surface area contributed by atoms with Crippen LogP contribution in [0.5, 0.6) is 0 Å². The molecule has 1 aliphatic rings. The number of carbonyl (C=O) groups is 2. The maximum absolute atomic E-state index is 13.4. The van der Waals surface area contributed by atoms with Crippen molar-refractivity contribution in [2.45, 2.75) is 33.6 Å². The van der Waals surface area contributed by atoms with Gasteiger partial charge in [-0.15, -0.1) is 0 Å². The minimum Gasteiger partial charge on any atom is -0.480 e. The van der Waals surface area contributed by atoms with E-state index in [0.29, 0.717) is 6.42 Å². The molecule has 0 heterocycles. The Balaban J connectivity index is 1.97. The molecule has 0 atom stereocenters. The number of amides is 1. The van der Waals surface area contributed by atoms with E-state index in [1.165, 1.54) is 18.2 Å². The first-order chi connectivity index (χ1) is 10.3. The van der Waals surface area contributed by atoms with Crippen LogP contribution in [0.4, 0.5) is 10.1 Å². The number of halogens is 1. The number of rotatable bonds is 4. The van der Waals surface area contributed by atoms with E-state index >= 15 is 0 Å². The van der Waals surface area contributed by atoms with Crippen LogP contribution in [-0.2, 0) is 14.3 Å². The normalized spacial score (nSPS) is 17.4. The van der Waals surface area contributed by atoms with Gasteiger partial charge in [-0.1, -0.05) is 26.0 Å². The quantitative estimate of drug-likeness (QED) is 0.927. The largest absolute Gasteiger partial charge is 0.480 e. The topological polar surface area (TPSA) is 55.4 Å². The molecule has 0 radical (unpaired) electrons. The predicted molar refractivity (Wildman–Crippen MR) is 81.7 cm³/mol. The fourth-order valence-corrected chi connectivity index (χ4v) is 2.70. The van der Waals surface area contributed by atoms with Gasteiger partial charge in [0.25, 0.3) is 5.91 Å². The average molecular weight is 305 g/mol. The van der Waals surface area contributed by atoms with Crippen LogP contribution in [0.15, 0.2) is 35.6 Å². The van der Waals surface area contributed by atoms with Crippen molar-refractivity contribution < 1.29 is 18.7 Å². The molecule has 0 unspecified atom stereocenters. The van der Waals surface area contributed by atoms with E-state index in [1.807, 2.05) is 20.8 Å². The molecular weight excluding hydrogens is 285 g/mol. The Morgan fingerprint density at radius 3 is 2.64 bits per heavy atom. The first kappa shape index (κ1) is 16.2. The number of para-hydroxylation sites is 1. The maximum atomic E-state index is 13.4. The van der Waals surface area contributed by atoms with Crippen LogP contribution >= 0.6 is 0 Å². The van der Waals surface area contributed by atoms with E-state index in [0.717, 1.165) is 12.0 Å². The second-order valence-corrected chi connectivity index (χ2v) is 6.37. The lowest BCUT2D eigenvalue weighted by Gasteiger charge is -2.30. The number of allylic oxidation sites excluding steroid dienone is 2. The predicted octanol–water partition coefficient (Wildman–Crippen LogP) is 3.44. The van der Waals surface area contributed by atoms with Gasteiger partial charge in [0, 0.05) is 6.42 Å². The van der Waals surface area contributed by atoms with E-state index in [-0.39, 0.29) is 29.3 Å². The van der Waals surface area contributed by atoms with Crippen LogP contribution in [-0.4, -0.2) is 18.3 Å². The number of nitrogens with one attached hydrogen (secondary N) is 1. The van der Waals surface area contributed by atoms with Crippen molar-refractivity contribution in [2.24, 2.45) is 5.41 Å². The van der Waals surface area contributed by atoms with E-state index in [4.69, 9.17) is 4.74 Å². The molecule has 0 aliphatic heterocycles. The summed E-state index contributed by atoms with van der Waals surface area (Å²) in [4.78, 5) is 23.9. The van der Waals surface area contributed by atoms with Crippen LogP contribution in [0.1, 0.15) is 33.6 Å². The van der Waals surface area contributed by atoms with Gasteiger partial charge >= 0.3 is 0 Å². The van der Waals surface area contributed by atoms with Crippen molar-refractivity contribution in [2.75, 3.05) is 11.9 Å². The number of ether oxygens (including phenoxy) is 1. The summed E-state index contributed by atoms with van der Waals surface area (Å²) < 4.78 is 18.8. The summed E-state index contributed by atoms with van der Waals surface area (Å²) in [6, 6.07) is 5.89. The molecule has 0 fully saturated rings. The molecule has 1 amide bonds. The molecular formula is C17H20FNO3. The Labute approximate surface area is 129 Å². The lowest BCUT2D eigenvalue weighted by molar-refractivity contribution is -0.124. The molecule has 4 nitrogen and oxygen atoms in total. The first-order valence-electron chi connectivity index (χ1n) is 7.19. The summed E-state index contributed by atoms with van der Waals surface area (Å²) in [5, 5.41) is 2.42. The zero-order chi connectivity index (χ0) is 16.3. The lowest BCUT2D eigenvalue weighted by atomic mass is 9.76. The summed E-state index contributed by atoms with van der Waals surface area (Å²) in [5.74, 6) is -0.833. The molecule has 5 heteroatoms. The van der Waals surface area contributed by atoms with E-state index in [1.54, 1.807) is 6.07 Å². The molecule has 0 aromatic heterocycles. The SMILES string of the molecule is CC1=C(OCC(=O)Nc2ccccc2F)C(=O)CC(C)(C)C1. The molecule has 1 aromatic carbocycles. The first-order valence-corrected chi connectivity index (χ1v) is 7.19. The zero-order valence-corrected chi connectivity index (χ0v) is 13.0. The molecule has 22 heavy (non-hydrogen) atoms. The molecule has 2 rings (SSSR count). The minimum atomic E-state index is -0.512. The number of hydrogen-bond donors (Lipinski definition) is 1. The maximum Gasteiger partial charge on any atom is 0.262 e. The lowest BCUT2D eigenvalue weighted by Crippen LogP contribution is -2.28. The summed E-state index contributed by atoms with van der Waals surface area (Å²) >= 11 is 0. The Hall–Kier alpha value is -2.17. The molecule has 118 valence electrons. The number of carbonyl (C=O) groups excluding carboxylic acids is 2. The molecule has 0 saturated heterocycles. The van der Waals surface area contributed by atoms with Crippen molar-refractivity contribution >= 4 is 17.4 Å². The third-order valence-electron chi connectivity index (χ3n) is 3.52. The van der Waals surface area contributed by atoms with Gasteiger partial charge in [-0.2, -0.15) is 0 Å². The molecule has 1 aliphatic carbocycles. The Bertz CT molecular complexity index is 635. The second-order valence-electron chi connectivity index (χ2n) is 6.37. The molecule has 0 bridgehead atoms. The Morgan fingerprint density at radius 1 is 1.32 bits per heavy atom. The highest BCUT2D eigenvalue weighted by Crippen LogP contribution is 2.36. The van der Waals surface area contributed by atoms with E-state index in [9.17, 15) is 14.0 Å². The molecule has 0 spiro atoms. The molecule has 1 aromatic rings. The standard InChI is InChI=1S/C17H20FNO3/c1-11-8-17(2,3)9-14(20)16(11)22-10-15(21)19-13-7-5-4-6-12(13)18/h4-7H,8-10H2,1-3H3,(H,19,21). The van der Waals surface area contributed by atoms with Crippen molar-refractivity contribution in [3.63, 3.8) is 0 Å². The third-order valence-corrected chi connectivity index (χ3v) is 3.52. The van der Waals surface area contributed by atoms with E-state index in [2.05, 4.69) is 5.32 Å². The summed E-state index contributed by atoms with van der Waals surface area (Å²) in [6.45, 7) is 5.57. The summed E-state index contributed by atoms with van der Waals surface area (Å²) in [5.41, 5.74) is 0.863. The van der Waals surface area contributed by atoms with Gasteiger partial charge in [0.1, 0.15) is 5.82 Å². The fourth-order valence-electron chi connectivity index (χ4n) is 2.70. The number of benzene rings is 1. The smallest absolute Gasteiger partial charge is 0.262 e. The van der Waals surface area contributed by atoms with Gasteiger partial charge in [0.2, 0.25) is 0 Å². The molecule has 1 N–H and O–H groups in total. The summed E-state index contributed by atoms with van der Waals surface area (Å²) in [6.07, 6.45) is 1.15. The van der Waals surface area contributed by atoms with E-state index < -0.39 is 11.7 Å². The van der Waals surface area contributed by atoms with Gasteiger partial charge < -0.3 is 10.1 Å². The minimum absolute atomic E-state index is 0.0799. The van der Waals surface area contributed by atoms with Crippen LogP contribution < -0.4 is 5.32 Å². The van der Waals surface area contributed by atoms with Gasteiger partial charge in [0.05, 0.1) is 5.69 Å². The van der Waals surface area contributed by atoms with Crippen molar-refractivity contribution in [1.29, 1.82) is 0 Å². The van der Waals surface area contributed by atoms with Crippen LogP contribution in [0.3, 0.4) is 0 Å². The number of anilines is 1. The third kappa shape index (κ3) is 3.93. The van der Waals surface area contributed by atoms with Crippen LogP contribution in [0.2, 0.25) is 0 Å². The highest BCUT2D eigenvalue weighted by atomic mass is 19.1. The Morgan fingerprint density at radius 2 is 2.00 bits per heavy atom. The van der Waals surface area contributed by atoms with Crippen molar-refractivity contribution in [3.8, 4) is 0 Å². The number of Topliss-reactive ketones (excluding diaryl/α,β-unsaturated/α-hetero) is 1. The van der Waals surface area contributed by atoms with Gasteiger partial charge in [-0.25, -0.2) is 4.39 Å². The van der Waals surface area contributed by atoms with Gasteiger partial charge in [-0.05, 0) is 36.5 Å². The second kappa shape index (κ2) is 6.30. The summed E-state index contributed by atoms with van der Waals surface area (Å²) in [7, 11) is 0. The number of ketones is 1. The fraction of sp³-hybridized carbons (Fsp3) is 0.412. The highest BCUT2D eigenvalue weighted by Gasteiger charge is 2.32. The zero-order valence-electron chi connectivity index (χ0n) is 13.0.